The highest BCUT2D eigenvalue weighted by molar-refractivity contribution is 6.34. The average molecular weight is 328 g/mol. The Labute approximate surface area is 134 Å². The van der Waals surface area contributed by atoms with Crippen molar-refractivity contribution >= 4 is 29.1 Å². The molecule has 0 heterocycles. The van der Waals surface area contributed by atoms with Crippen molar-refractivity contribution in [1.29, 1.82) is 0 Å². The molecule has 2 saturated carbocycles. The molecule has 0 aromatic heterocycles. The number of aliphatic hydroxyl groups excluding tert-OH is 1. The Morgan fingerprint density at radius 1 is 1.33 bits per heavy atom. The highest BCUT2D eigenvalue weighted by Crippen LogP contribution is 2.49. The molecule has 1 amide bonds. The van der Waals surface area contributed by atoms with Crippen molar-refractivity contribution < 1.29 is 9.90 Å². The summed E-state index contributed by atoms with van der Waals surface area (Å²) in [5.41, 5.74) is 1.03. The van der Waals surface area contributed by atoms with Crippen LogP contribution in [0.3, 0.4) is 0 Å². The molecule has 114 valence electrons. The van der Waals surface area contributed by atoms with Gasteiger partial charge in [-0.25, -0.2) is 0 Å². The molecule has 5 heteroatoms. The van der Waals surface area contributed by atoms with Crippen LogP contribution in [0.4, 0.5) is 0 Å². The van der Waals surface area contributed by atoms with Crippen molar-refractivity contribution in [2.45, 2.75) is 31.3 Å². The maximum absolute atomic E-state index is 12.4. The Bertz CT molecular complexity index is 539. The van der Waals surface area contributed by atoms with E-state index in [1.807, 2.05) is 12.1 Å². The predicted octanol–water partition coefficient (Wildman–Crippen LogP) is 3.33. The van der Waals surface area contributed by atoms with Gasteiger partial charge in [-0.2, -0.15) is 0 Å². The highest BCUT2D eigenvalue weighted by atomic mass is 35.5. The number of carbonyl (C=O) groups is 1. The van der Waals surface area contributed by atoms with Crippen molar-refractivity contribution in [3.8, 4) is 0 Å². The normalized spacial score (nSPS) is 25.5. The molecule has 0 radical (unpaired) electrons. The first-order chi connectivity index (χ1) is 9.95. The molecule has 0 aliphatic heterocycles. The monoisotopic (exact) mass is 327 g/mol. The molecule has 0 spiro atoms. The molecule has 3 rings (SSSR count). The zero-order valence-corrected chi connectivity index (χ0v) is 13.4. The number of likely N-dealkylation sites (N-methyl/N-ethyl adjacent to an activating group) is 1. The molecule has 1 aromatic rings. The number of aliphatic hydroxyl groups is 1. The van der Waals surface area contributed by atoms with Crippen LogP contribution in [-0.2, 0) is 4.79 Å². The Kier molecular flexibility index (Phi) is 4.17. The summed E-state index contributed by atoms with van der Waals surface area (Å²) < 4.78 is 0. The molecule has 1 N–H and O–H groups in total. The van der Waals surface area contributed by atoms with Crippen LogP contribution in [0, 0.1) is 11.8 Å². The third kappa shape index (κ3) is 3.53. The minimum atomic E-state index is -0.378. The largest absolute Gasteiger partial charge is 0.391 e. The van der Waals surface area contributed by atoms with Crippen LogP contribution in [0.1, 0.15) is 30.7 Å². The molecule has 3 unspecified atom stereocenters. The summed E-state index contributed by atoms with van der Waals surface area (Å²) in [7, 11) is 1.77. The van der Waals surface area contributed by atoms with E-state index in [4.69, 9.17) is 23.2 Å². The maximum Gasteiger partial charge on any atom is 0.226 e. The van der Waals surface area contributed by atoms with Crippen molar-refractivity contribution in [2.75, 3.05) is 13.6 Å². The number of amides is 1. The van der Waals surface area contributed by atoms with Crippen LogP contribution < -0.4 is 0 Å². The third-order valence-electron chi connectivity index (χ3n) is 4.42. The predicted molar refractivity (Wildman–Crippen MR) is 83.7 cm³/mol. The van der Waals surface area contributed by atoms with Crippen molar-refractivity contribution in [3.63, 3.8) is 0 Å². The number of benzene rings is 1. The SMILES string of the molecule is CN(CC(O)C1CC1)C(=O)C1CC1c1cc(Cl)cc(Cl)c1. The fourth-order valence-electron chi connectivity index (χ4n) is 2.91. The van der Waals surface area contributed by atoms with Gasteiger partial charge in [-0.05, 0) is 54.9 Å². The van der Waals surface area contributed by atoms with Crippen LogP contribution in [0.25, 0.3) is 0 Å². The van der Waals surface area contributed by atoms with Crippen LogP contribution in [0.15, 0.2) is 18.2 Å². The lowest BCUT2D eigenvalue weighted by Crippen LogP contribution is -2.36. The summed E-state index contributed by atoms with van der Waals surface area (Å²) in [6.45, 7) is 0.434. The lowest BCUT2D eigenvalue weighted by atomic mass is 10.1. The van der Waals surface area contributed by atoms with E-state index in [2.05, 4.69) is 0 Å². The summed E-state index contributed by atoms with van der Waals surface area (Å²) in [4.78, 5) is 14.1. The molecule has 0 bridgehead atoms. The van der Waals surface area contributed by atoms with E-state index in [1.165, 1.54) is 0 Å². The number of hydrogen-bond acceptors (Lipinski definition) is 2. The quantitative estimate of drug-likeness (QED) is 0.901. The molecule has 2 aliphatic rings. The van der Waals surface area contributed by atoms with E-state index in [1.54, 1.807) is 18.0 Å². The standard InChI is InChI=1S/C16H19Cl2NO2/c1-19(8-15(20)9-2-3-9)16(21)14-7-13(14)10-4-11(17)6-12(18)5-10/h4-6,9,13-15,20H,2-3,7-8H2,1H3. The first-order valence-corrected chi connectivity index (χ1v) is 8.10. The summed E-state index contributed by atoms with van der Waals surface area (Å²) in [6.07, 6.45) is 2.61. The lowest BCUT2D eigenvalue weighted by Gasteiger charge is -2.21. The number of nitrogens with zero attached hydrogens (tertiary/aromatic N) is 1. The van der Waals surface area contributed by atoms with E-state index in [-0.39, 0.29) is 23.8 Å². The van der Waals surface area contributed by atoms with Crippen molar-refractivity contribution in [2.24, 2.45) is 11.8 Å². The van der Waals surface area contributed by atoms with Gasteiger partial charge < -0.3 is 10.0 Å². The van der Waals surface area contributed by atoms with E-state index < -0.39 is 0 Å². The fourth-order valence-corrected chi connectivity index (χ4v) is 3.45. The third-order valence-corrected chi connectivity index (χ3v) is 4.86. The minimum absolute atomic E-state index is 0.00376. The summed E-state index contributed by atoms with van der Waals surface area (Å²) in [6, 6.07) is 5.46. The Balaban J connectivity index is 1.59. The summed E-state index contributed by atoms with van der Waals surface area (Å²) >= 11 is 12.0. The second kappa shape index (κ2) is 5.79. The number of carbonyl (C=O) groups excluding carboxylic acids is 1. The van der Waals surface area contributed by atoms with Gasteiger partial charge in [0.05, 0.1) is 6.10 Å². The second-order valence-corrected chi connectivity index (χ2v) is 7.15. The maximum atomic E-state index is 12.4. The first kappa shape index (κ1) is 15.1. The fraction of sp³-hybridized carbons (Fsp3) is 0.562. The van der Waals surface area contributed by atoms with Gasteiger partial charge in [0.25, 0.3) is 0 Å². The van der Waals surface area contributed by atoms with Crippen molar-refractivity contribution in [1.82, 2.24) is 4.90 Å². The molecular weight excluding hydrogens is 309 g/mol. The van der Waals surface area contributed by atoms with Gasteiger partial charge in [0, 0.05) is 29.6 Å². The average Bonchev–Trinajstić information content (AvgIpc) is 3.27. The van der Waals surface area contributed by atoms with Crippen LogP contribution >= 0.6 is 23.2 Å². The number of hydrogen-bond donors (Lipinski definition) is 1. The smallest absolute Gasteiger partial charge is 0.226 e. The molecule has 3 atom stereocenters. The van der Waals surface area contributed by atoms with E-state index >= 15 is 0 Å². The minimum Gasteiger partial charge on any atom is -0.391 e. The molecule has 2 fully saturated rings. The van der Waals surface area contributed by atoms with Gasteiger partial charge in [0.15, 0.2) is 0 Å². The van der Waals surface area contributed by atoms with Crippen LogP contribution in [0.5, 0.6) is 0 Å². The van der Waals surface area contributed by atoms with E-state index in [9.17, 15) is 9.90 Å². The highest BCUT2D eigenvalue weighted by Gasteiger charge is 2.45. The molecule has 21 heavy (non-hydrogen) atoms. The summed E-state index contributed by atoms with van der Waals surface area (Å²) in [5.74, 6) is 0.697. The van der Waals surface area contributed by atoms with E-state index in [0.29, 0.717) is 22.5 Å². The van der Waals surface area contributed by atoms with Gasteiger partial charge >= 0.3 is 0 Å². The molecular formula is C16H19Cl2NO2. The second-order valence-electron chi connectivity index (χ2n) is 6.28. The van der Waals surface area contributed by atoms with Crippen LogP contribution in [0.2, 0.25) is 10.0 Å². The molecule has 0 saturated heterocycles. The van der Waals surface area contributed by atoms with Crippen molar-refractivity contribution in [3.05, 3.63) is 33.8 Å². The Morgan fingerprint density at radius 3 is 2.52 bits per heavy atom. The Hall–Kier alpha value is -0.770. The Morgan fingerprint density at radius 2 is 1.95 bits per heavy atom. The van der Waals surface area contributed by atoms with Gasteiger partial charge in [0.2, 0.25) is 5.91 Å². The molecule has 3 nitrogen and oxygen atoms in total. The van der Waals surface area contributed by atoms with Gasteiger partial charge in [-0.15, -0.1) is 0 Å². The number of rotatable bonds is 5. The van der Waals surface area contributed by atoms with Gasteiger partial charge in [-0.3, -0.25) is 4.79 Å². The first-order valence-electron chi connectivity index (χ1n) is 7.34. The van der Waals surface area contributed by atoms with E-state index in [0.717, 1.165) is 24.8 Å². The zero-order valence-electron chi connectivity index (χ0n) is 11.9. The molecule has 1 aromatic carbocycles. The zero-order chi connectivity index (χ0) is 15.1. The van der Waals surface area contributed by atoms with Gasteiger partial charge in [-0.1, -0.05) is 23.2 Å². The summed E-state index contributed by atoms with van der Waals surface area (Å²) in [5, 5.41) is 11.1. The topological polar surface area (TPSA) is 40.5 Å². The number of halogens is 2. The van der Waals surface area contributed by atoms with Crippen LogP contribution in [-0.4, -0.2) is 35.6 Å². The lowest BCUT2D eigenvalue weighted by molar-refractivity contribution is -0.132. The van der Waals surface area contributed by atoms with Gasteiger partial charge in [0.1, 0.15) is 0 Å². The molecule has 2 aliphatic carbocycles.